The van der Waals surface area contributed by atoms with Gasteiger partial charge in [0.1, 0.15) is 0 Å². The summed E-state index contributed by atoms with van der Waals surface area (Å²) in [6.45, 7) is 4.63. The molecule has 2 bridgehead atoms. The van der Waals surface area contributed by atoms with Crippen molar-refractivity contribution in [3.63, 3.8) is 0 Å². The molecule has 2 aliphatic carbocycles. The largest absolute Gasteiger partial charge is 0.305 e. The molecule has 92 valence electrons. The van der Waals surface area contributed by atoms with Crippen LogP contribution in [0.3, 0.4) is 0 Å². The predicted octanol–water partition coefficient (Wildman–Crippen LogP) is 3.70. The van der Waals surface area contributed by atoms with Crippen LogP contribution in [-0.4, -0.2) is 6.04 Å². The van der Waals surface area contributed by atoms with Gasteiger partial charge >= 0.3 is 0 Å². The molecule has 2 fully saturated rings. The van der Waals surface area contributed by atoms with Crippen LogP contribution in [0, 0.1) is 11.8 Å². The highest BCUT2D eigenvalue weighted by Gasteiger charge is 2.41. The van der Waals surface area contributed by atoms with Crippen molar-refractivity contribution in [1.29, 1.82) is 0 Å². The number of hydrogen-bond donors (Lipinski definition) is 1. The highest BCUT2D eigenvalue weighted by molar-refractivity contribution is 5.23. The van der Waals surface area contributed by atoms with Crippen LogP contribution in [-0.2, 0) is 5.54 Å². The van der Waals surface area contributed by atoms with E-state index in [1.807, 2.05) is 0 Å². The van der Waals surface area contributed by atoms with E-state index in [2.05, 4.69) is 49.5 Å². The van der Waals surface area contributed by atoms with Crippen molar-refractivity contribution in [1.82, 2.24) is 5.32 Å². The topological polar surface area (TPSA) is 12.0 Å². The molecule has 0 saturated heterocycles. The first-order valence-corrected chi connectivity index (χ1v) is 6.98. The van der Waals surface area contributed by atoms with Crippen LogP contribution < -0.4 is 5.32 Å². The predicted molar refractivity (Wildman–Crippen MR) is 71.8 cm³/mol. The average Bonchev–Trinajstić information content (AvgIpc) is 2.91. The fraction of sp³-hybridized carbons (Fsp3) is 0.625. The lowest BCUT2D eigenvalue weighted by molar-refractivity contribution is 0.268. The van der Waals surface area contributed by atoms with Gasteiger partial charge < -0.3 is 5.32 Å². The summed E-state index contributed by atoms with van der Waals surface area (Å²) in [5, 5.41) is 3.90. The molecule has 1 aromatic rings. The van der Waals surface area contributed by atoms with E-state index in [4.69, 9.17) is 0 Å². The Bertz CT molecular complexity index is 382. The smallest absolute Gasteiger partial charge is 0.0379 e. The Hall–Kier alpha value is -0.820. The first-order chi connectivity index (χ1) is 8.15. The van der Waals surface area contributed by atoms with Crippen molar-refractivity contribution in [2.45, 2.75) is 51.1 Å². The summed E-state index contributed by atoms with van der Waals surface area (Å²) < 4.78 is 0. The van der Waals surface area contributed by atoms with Gasteiger partial charge in [0.15, 0.2) is 0 Å². The van der Waals surface area contributed by atoms with E-state index in [-0.39, 0.29) is 5.54 Å². The van der Waals surface area contributed by atoms with Crippen LogP contribution in [0.15, 0.2) is 30.3 Å². The minimum atomic E-state index is 0.108. The van der Waals surface area contributed by atoms with Crippen LogP contribution >= 0.6 is 0 Å². The van der Waals surface area contributed by atoms with E-state index >= 15 is 0 Å². The first kappa shape index (κ1) is 11.3. The molecule has 17 heavy (non-hydrogen) atoms. The van der Waals surface area contributed by atoms with E-state index < -0.39 is 0 Å². The Balaban J connectivity index is 1.72. The summed E-state index contributed by atoms with van der Waals surface area (Å²) in [6, 6.07) is 11.6. The maximum Gasteiger partial charge on any atom is 0.0379 e. The Morgan fingerprint density at radius 2 is 1.82 bits per heavy atom. The number of benzene rings is 1. The molecule has 0 radical (unpaired) electrons. The SMILES string of the molecule is CC(C)(NC1CC2CCC1C2)c1ccccc1. The third kappa shape index (κ3) is 2.13. The first-order valence-electron chi connectivity index (χ1n) is 6.98. The van der Waals surface area contributed by atoms with Crippen molar-refractivity contribution < 1.29 is 0 Å². The zero-order chi connectivity index (χ0) is 11.9. The molecule has 2 aliphatic rings. The van der Waals surface area contributed by atoms with Gasteiger partial charge in [-0.15, -0.1) is 0 Å². The number of fused-ring (bicyclic) bond motifs is 2. The zero-order valence-electron chi connectivity index (χ0n) is 10.9. The summed E-state index contributed by atoms with van der Waals surface area (Å²) in [5.74, 6) is 1.96. The van der Waals surface area contributed by atoms with Crippen LogP contribution in [0.2, 0.25) is 0 Å². The Labute approximate surface area is 105 Å². The molecule has 3 unspecified atom stereocenters. The average molecular weight is 229 g/mol. The fourth-order valence-electron chi connectivity index (χ4n) is 3.82. The Kier molecular flexibility index (Phi) is 2.74. The minimum Gasteiger partial charge on any atom is -0.305 e. The summed E-state index contributed by atoms with van der Waals surface area (Å²) in [4.78, 5) is 0. The molecule has 0 aliphatic heterocycles. The second-order valence-electron chi connectivity index (χ2n) is 6.42. The van der Waals surface area contributed by atoms with E-state index in [1.165, 1.54) is 31.2 Å². The summed E-state index contributed by atoms with van der Waals surface area (Å²) >= 11 is 0. The highest BCUT2D eigenvalue weighted by atomic mass is 15.0. The highest BCUT2D eigenvalue weighted by Crippen LogP contribution is 2.45. The standard InChI is InChI=1S/C16H23N/c1-16(2,14-6-4-3-5-7-14)17-15-11-12-8-9-13(15)10-12/h3-7,12-13,15,17H,8-11H2,1-2H3. The van der Waals surface area contributed by atoms with E-state index in [1.54, 1.807) is 0 Å². The van der Waals surface area contributed by atoms with Gasteiger partial charge in [0, 0.05) is 11.6 Å². The molecule has 3 atom stereocenters. The molecule has 1 heteroatoms. The molecule has 1 nitrogen and oxygen atoms in total. The summed E-state index contributed by atoms with van der Waals surface area (Å²) in [5.41, 5.74) is 1.51. The second-order valence-corrected chi connectivity index (χ2v) is 6.42. The maximum atomic E-state index is 3.90. The molecule has 1 N–H and O–H groups in total. The zero-order valence-corrected chi connectivity index (χ0v) is 10.9. The van der Waals surface area contributed by atoms with Gasteiger partial charge in [0.05, 0.1) is 0 Å². The monoisotopic (exact) mass is 229 g/mol. The lowest BCUT2D eigenvalue weighted by Crippen LogP contribution is -2.46. The lowest BCUT2D eigenvalue weighted by Gasteiger charge is -2.34. The molecule has 0 spiro atoms. The molecular weight excluding hydrogens is 206 g/mol. The quantitative estimate of drug-likeness (QED) is 0.833. The van der Waals surface area contributed by atoms with Crippen LogP contribution in [0.4, 0.5) is 0 Å². The third-order valence-corrected chi connectivity index (χ3v) is 4.78. The van der Waals surface area contributed by atoms with Crippen molar-refractivity contribution in [3.05, 3.63) is 35.9 Å². The minimum absolute atomic E-state index is 0.108. The maximum absolute atomic E-state index is 3.90. The lowest BCUT2D eigenvalue weighted by atomic mass is 9.89. The number of nitrogens with one attached hydrogen (secondary N) is 1. The molecule has 1 aromatic carbocycles. The number of rotatable bonds is 3. The van der Waals surface area contributed by atoms with Crippen molar-refractivity contribution in [2.24, 2.45) is 11.8 Å². The van der Waals surface area contributed by atoms with E-state index in [0.717, 1.165) is 17.9 Å². The third-order valence-electron chi connectivity index (χ3n) is 4.78. The molecule has 0 aromatic heterocycles. The number of hydrogen-bond acceptors (Lipinski definition) is 1. The van der Waals surface area contributed by atoms with E-state index in [0.29, 0.717) is 0 Å². The van der Waals surface area contributed by atoms with Crippen molar-refractivity contribution >= 4 is 0 Å². The van der Waals surface area contributed by atoms with Crippen molar-refractivity contribution in [3.8, 4) is 0 Å². The molecule has 2 saturated carbocycles. The van der Waals surface area contributed by atoms with Crippen LogP contribution in [0.5, 0.6) is 0 Å². The van der Waals surface area contributed by atoms with E-state index in [9.17, 15) is 0 Å². The fourth-order valence-corrected chi connectivity index (χ4v) is 3.82. The van der Waals surface area contributed by atoms with Crippen LogP contribution in [0.1, 0.15) is 45.1 Å². The normalized spacial score (nSPS) is 32.0. The molecule has 0 heterocycles. The van der Waals surface area contributed by atoms with Crippen LogP contribution in [0.25, 0.3) is 0 Å². The van der Waals surface area contributed by atoms with Crippen molar-refractivity contribution in [2.75, 3.05) is 0 Å². The van der Waals surface area contributed by atoms with Gasteiger partial charge in [0.2, 0.25) is 0 Å². The van der Waals surface area contributed by atoms with Gasteiger partial charge in [0.25, 0.3) is 0 Å². The van der Waals surface area contributed by atoms with Gasteiger partial charge in [-0.1, -0.05) is 36.8 Å². The van der Waals surface area contributed by atoms with Gasteiger partial charge in [-0.25, -0.2) is 0 Å². The molecule has 0 amide bonds. The molecule has 3 rings (SSSR count). The molecular formula is C16H23N. The summed E-state index contributed by atoms with van der Waals surface area (Å²) in [6.07, 6.45) is 5.81. The van der Waals surface area contributed by atoms with Gasteiger partial charge in [-0.05, 0) is 50.5 Å². The second kappa shape index (κ2) is 4.13. The van der Waals surface area contributed by atoms with Gasteiger partial charge in [-0.2, -0.15) is 0 Å². The van der Waals surface area contributed by atoms with Gasteiger partial charge in [-0.3, -0.25) is 0 Å². The Morgan fingerprint density at radius 1 is 1.06 bits per heavy atom. The summed E-state index contributed by atoms with van der Waals surface area (Å²) in [7, 11) is 0. The Morgan fingerprint density at radius 3 is 2.41 bits per heavy atom.